The number of amides is 1. The van der Waals surface area contributed by atoms with E-state index in [0.717, 1.165) is 54.2 Å². The predicted octanol–water partition coefficient (Wildman–Crippen LogP) is 1.85. The Bertz CT molecular complexity index is 1480. The van der Waals surface area contributed by atoms with E-state index in [9.17, 15) is 4.79 Å². The summed E-state index contributed by atoms with van der Waals surface area (Å²) in [6.07, 6.45) is 4.93. The number of ether oxygens (including phenoxy) is 1. The number of benzene rings is 1. The zero-order chi connectivity index (χ0) is 27.4. The summed E-state index contributed by atoms with van der Waals surface area (Å²) in [5, 5.41) is 24.4. The van der Waals surface area contributed by atoms with Crippen LogP contribution in [0.1, 0.15) is 58.0 Å². The van der Waals surface area contributed by atoms with Crippen LogP contribution in [-0.2, 0) is 13.1 Å². The number of hydrogen-bond donors (Lipinski definition) is 2. The number of piperidine rings is 1. The molecular formula is C25H31N11O3. The first-order chi connectivity index (χ1) is 18.9. The Balaban J connectivity index is 1.34. The molecule has 1 amide bonds. The standard InChI is InChI=1S/C25H31N11O3/c1-16-11-17(2)35(30-16)14-19-12-18(7-8-21(19)38-3)13-27-29-25(37)22-20(15-34-9-5-4-6-10-34)36(33-28-22)24-23(26)31-39-32-24/h7-8,11-13H,4-6,9-10,14-15H2,1-3H3,(H2,26,31)(H,29,37)/b27-13-. The third-order valence-corrected chi connectivity index (χ3v) is 6.60. The Hall–Kier alpha value is -4.59. The van der Waals surface area contributed by atoms with Crippen LogP contribution in [0.3, 0.4) is 0 Å². The van der Waals surface area contributed by atoms with Crippen LogP contribution in [-0.4, -0.2) is 72.3 Å². The quantitative estimate of drug-likeness (QED) is 0.239. The van der Waals surface area contributed by atoms with E-state index in [-0.39, 0.29) is 17.3 Å². The van der Waals surface area contributed by atoms with Gasteiger partial charge >= 0.3 is 0 Å². The fraction of sp³-hybridized carbons (Fsp3) is 0.400. The van der Waals surface area contributed by atoms with Crippen molar-refractivity contribution >= 4 is 17.9 Å². The Morgan fingerprint density at radius 1 is 1.18 bits per heavy atom. The van der Waals surface area contributed by atoms with E-state index < -0.39 is 5.91 Å². The summed E-state index contributed by atoms with van der Waals surface area (Å²) in [6, 6.07) is 7.69. The Kier molecular flexibility index (Phi) is 7.63. The molecule has 204 valence electrons. The van der Waals surface area contributed by atoms with Crippen molar-refractivity contribution in [1.82, 2.24) is 45.4 Å². The molecule has 0 atom stereocenters. The van der Waals surface area contributed by atoms with Gasteiger partial charge in [0.25, 0.3) is 5.91 Å². The SMILES string of the molecule is COc1ccc(/C=N\NC(=O)c2nnn(-c3nonc3N)c2CN2CCCCC2)cc1Cn1nc(C)cc1C. The molecule has 1 aromatic carbocycles. The molecule has 5 rings (SSSR count). The lowest BCUT2D eigenvalue weighted by Gasteiger charge is -2.26. The van der Waals surface area contributed by atoms with Crippen molar-refractivity contribution in [3.05, 3.63) is 58.2 Å². The van der Waals surface area contributed by atoms with Gasteiger partial charge < -0.3 is 10.5 Å². The van der Waals surface area contributed by atoms with Crippen molar-refractivity contribution in [3.63, 3.8) is 0 Å². The molecule has 0 spiro atoms. The smallest absolute Gasteiger partial charge is 0.293 e. The van der Waals surface area contributed by atoms with Crippen LogP contribution in [0.25, 0.3) is 5.82 Å². The third-order valence-electron chi connectivity index (χ3n) is 6.60. The lowest BCUT2D eigenvalue weighted by molar-refractivity contribution is 0.0947. The lowest BCUT2D eigenvalue weighted by Crippen LogP contribution is -2.31. The lowest BCUT2D eigenvalue weighted by atomic mass is 10.1. The Labute approximate surface area is 224 Å². The Morgan fingerprint density at radius 3 is 2.69 bits per heavy atom. The number of nitrogen functional groups attached to an aromatic ring is 1. The summed E-state index contributed by atoms with van der Waals surface area (Å²) in [6.45, 7) is 6.78. The molecule has 39 heavy (non-hydrogen) atoms. The summed E-state index contributed by atoms with van der Waals surface area (Å²) < 4.78 is 13.6. The number of rotatable bonds is 9. The van der Waals surface area contributed by atoms with E-state index in [0.29, 0.717) is 18.8 Å². The molecule has 3 aromatic heterocycles. The number of hydrazone groups is 1. The van der Waals surface area contributed by atoms with Gasteiger partial charge in [0.2, 0.25) is 11.6 Å². The Morgan fingerprint density at radius 2 is 2.00 bits per heavy atom. The molecule has 1 saturated heterocycles. The predicted molar refractivity (Wildman–Crippen MR) is 142 cm³/mol. The largest absolute Gasteiger partial charge is 0.496 e. The average molecular weight is 534 g/mol. The molecular weight excluding hydrogens is 502 g/mol. The molecule has 0 unspecified atom stereocenters. The molecule has 0 aliphatic carbocycles. The molecule has 1 fully saturated rings. The second-order valence-corrected chi connectivity index (χ2v) is 9.46. The van der Waals surface area contributed by atoms with E-state index in [1.165, 1.54) is 11.1 Å². The van der Waals surface area contributed by atoms with Crippen LogP contribution in [0.5, 0.6) is 5.75 Å². The number of nitrogens with two attached hydrogens (primary N) is 1. The van der Waals surface area contributed by atoms with Crippen molar-refractivity contribution < 1.29 is 14.2 Å². The summed E-state index contributed by atoms with van der Waals surface area (Å²) in [5.74, 6) is 0.478. The van der Waals surface area contributed by atoms with Crippen LogP contribution in [0.2, 0.25) is 0 Å². The number of nitrogens with zero attached hydrogens (tertiary/aromatic N) is 9. The van der Waals surface area contributed by atoms with E-state index in [2.05, 4.69) is 41.2 Å². The highest BCUT2D eigenvalue weighted by Crippen LogP contribution is 2.22. The number of carbonyl (C=O) groups excluding carboxylic acids is 1. The molecule has 14 heteroatoms. The molecule has 4 aromatic rings. The summed E-state index contributed by atoms with van der Waals surface area (Å²) in [4.78, 5) is 15.4. The van der Waals surface area contributed by atoms with E-state index in [1.807, 2.05) is 42.8 Å². The number of aromatic nitrogens is 7. The maximum absolute atomic E-state index is 13.1. The number of methoxy groups -OCH3 is 1. The van der Waals surface area contributed by atoms with Gasteiger partial charge in [-0.15, -0.1) is 5.10 Å². The fourth-order valence-corrected chi connectivity index (χ4v) is 4.67. The van der Waals surface area contributed by atoms with Crippen molar-refractivity contribution in [2.24, 2.45) is 5.10 Å². The van der Waals surface area contributed by atoms with Crippen LogP contribution >= 0.6 is 0 Å². The van der Waals surface area contributed by atoms with Gasteiger partial charge in [-0.25, -0.2) is 10.1 Å². The first-order valence-corrected chi connectivity index (χ1v) is 12.7. The highest BCUT2D eigenvalue weighted by atomic mass is 16.6. The van der Waals surface area contributed by atoms with Crippen molar-refractivity contribution in [3.8, 4) is 11.6 Å². The van der Waals surface area contributed by atoms with Gasteiger partial charge in [-0.2, -0.15) is 14.9 Å². The molecule has 4 heterocycles. The first-order valence-electron chi connectivity index (χ1n) is 12.7. The zero-order valence-electron chi connectivity index (χ0n) is 22.2. The van der Waals surface area contributed by atoms with Crippen LogP contribution in [0.4, 0.5) is 5.82 Å². The second kappa shape index (κ2) is 11.4. The maximum Gasteiger partial charge on any atom is 0.293 e. The van der Waals surface area contributed by atoms with Gasteiger partial charge in [0, 0.05) is 17.8 Å². The van der Waals surface area contributed by atoms with Crippen LogP contribution in [0, 0.1) is 13.8 Å². The number of nitrogens with one attached hydrogen (secondary N) is 1. The number of hydrogen-bond acceptors (Lipinski definition) is 11. The highest BCUT2D eigenvalue weighted by Gasteiger charge is 2.26. The van der Waals surface area contributed by atoms with E-state index in [4.69, 9.17) is 15.1 Å². The number of likely N-dealkylation sites (tertiary alicyclic amines) is 1. The fourth-order valence-electron chi connectivity index (χ4n) is 4.67. The highest BCUT2D eigenvalue weighted by molar-refractivity contribution is 5.94. The van der Waals surface area contributed by atoms with Gasteiger partial charge in [-0.3, -0.25) is 14.4 Å². The molecule has 1 aliphatic heterocycles. The van der Waals surface area contributed by atoms with Crippen molar-refractivity contribution in [1.29, 1.82) is 0 Å². The zero-order valence-corrected chi connectivity index (χ0v) is 22.2. The van der Waals surface area contributed by atoms with Crippen molar-refractivity contribution in [2.45, 2.75) is 46.2 Å². The molecule has 1 aliphatic rings. The molecule has 14 nitrogen and oxygen atoms in total. The topological polar surface area (TPSA) is 167 Å². The molecule has 3 N–H and O–H groups in total. The molecule has 0 saturated carbocycles. The summed E-state index contributed by atoms with van der Waals surface area (Å²) in [7, 11) is 1.63. The number of anilines is 1. The van der Waals surface area contributed by atoms with Gasteiger partial charge in [0.15, 0.2) is 5.69 Å². The van der Waals surface area contributed by atoms with Gasteiger partial charge in [0.05, 0.1) is 31.3 Å². The summed E-state index contributed by atoms with van der Waals surface area (Å²) >= 11 is 0. The van der Waals surface area contributed by atoms with Gasteiger partial charge in [-0.1, -0.05) is 11.6 Å². The van der Waals surface area contributed by atoms with Crippen molar-refractivity contribution in [2.75, 3.05) is 25.9 Å². The number of aryl methyl sites for hydroxylation is 2. The van der Waals surface area contributed by atoms with E-state index >= 15 is 0 Å². The van der Waals surface area contributed by atoms with Gasteiger partial charge in [-0.05, 0) is 79.9 Å². The monoisotopic (exact) mass is 533 g/mol. The van der Waals surface area contributed by atoms with Crippen LogP contribution < -0.4 is 15.9 Å². The first kappa shape index (κ1) is 26.0. The minimum Gasteiger partial charge on any atom is -0.496 e. The third kappa shape index (κ3) is 5.80. The normalized spacial score (nSPS) is 14.2. The minimum absolute atomic E-state index is 0.0561. The maximum atomic E-state index is 13.1. The molecule has 0 bridgehead atoms. The summed E-state index contributed by atoms with van der Waals surface area (Å²) in [5.41, 5.74) is 12.8. The average Bonchev–Trinajstić information content (AvgIpc) is 3.62. The minimum atomic E-state index is -0.504. The van der Waals surface area contributed by atoms with Crippen LogP contribution in [0.15, 0.2) is 34.0 Å². The van der Waals surface area contributed by atoms with E-state index in [1.54, 1.807) is 13.3 Å². The van der Waals surface area contributed by atoms with Gasteiger partial charge in [0.1, 0.15) is 5.75 Å². The second-order valence-electron chi connectivity index (χ2n) is 9.46. The molecule has 0 radical (unpaired) electrons. The number of carbonyl (C=O) groups is 1.